The third kappa shape index (κ3) is 5.53. The third-order valence-electron chi connectivity index (χ3n) is 5.00. The minimum atomic E-state index is 0. The highest BCUT2D eigenvalue weighted by molar-refractivity contribution is 14.0. The lowest BCUT2D eigenvalue weighted by Crippen LogP contribution is -2.48. The molecule has 22 heavy (non-hydrogen) atoms. The summed E-state index contributed by atoms with van der Waals surface area (Å²) >= 11 is 0. The van der Waals surface area contributed by atoms with Crippen LogP contribution in [0.2, 0.25) is 0 Å². The van der Waals surface area contributed by atoms with Gasteiger partial charge in [0.2, 0.25) is 0 Å². The summed E-state index contributed by atoms with van der Waals surface area (Å²) in [4.78, 5) is 6.67. The van der Waals surface area contributed by atoms with Gasteiger partial charge in [-0.2, -0.15) is 0 Å². The molecule has 0 aromatic heterocycles. The van der Waals surface area contributed by atoms with E-state index >= 15 is 0 Å². The van der Waals surface area contributed by atoms with Crippen molar-refractivity contribution in [2.45, 2.75) is 32.1 Å². The van der Waals surface area contributed by atoms with Gasteiger partial charge in [0.25, 0.3) is 0 Å². The van der Waals surface area contributed by atoms with Crippen LogP contribution in [0.3, 0.4) is 0 Å². The van der Waals surface area contributed by atoms with Crippen LogP contribution >= 0.6 is 24.0 Å². The van der Waals surface area contributed by atoms with Gasteiger partial charge in [0.05, 0.1) is 6.61 Å². The molecule has 1 unspecified atom stereocenters. The maximum Gasteiger partial charge on any atom is 0.193 e. The molecule has 0 spiro atoms. The van der Waals surface area contributed by atoms with Gasteiger partial charge in [-0.15, -0.1) is 24.0 Å². The maximum atomic E-state index is 5.46. The lowest BCUT2D eigenvalue weighted by molar-refractivity contribution is 0.0726. The summed E-state index contributed by atoms with van der Waals surface area (Å²) in [6, 6.07) is 0. The van der Waals surface area contributed by atoms with Crippen LogP contribution in [0.5, 0.6) is 0 Å². The molecule has 2 aliphatic rings. The predicted molar refractivity (Wildman–Crippen MR) is 101 cm³/mol. The fourth-order valence-corrected chi connectivity index (χ4v) is 3.36. The Morgan fingerprint density at radius 2 is 2.23 bits per heavy atom. The summed E-state index contributed by atoms with van der Waals surface area (Å²) in [5.41, 5.74) is 0.420. The van der Waals surface area contributed by atoms with Crippen molar-refractivity contribution < 1.29 is 9.47 Å². The average molecular weight is 425 g/mol. The molecule has 2 fully saturated rings. The highest BCUT2D eigenvalue weighted by Crippen LogP contribution is 2.43. The number of ether oxygens (including phenoxy) is 2. The molecule has 1 aliphatic heterocycles. The molecule has 2 rings (SSSR count). The Kier molecular flexibility index (Phi) is 9.01. The van der Waals surface area contributed by atoms with Crippen LogP contribution in [0.25, 0.3) is 0 Å². The monoisotopic (exact) mass is 425 g/mol. The van der Waals surface area contributed by atoms with E-state index in [1.54, 1.807) is 7.11 Å². The van der Waals surface area contributed by atoms with Gasteiger partial charge in [-0.25, -0.2) is 0 Å². The number of halogens is 1. The normalized spacial score (nSPS) is 23.6. The van der Waals surface area contributed by atoms with Crippen molar-refractivity contribution in [3.8, 4) is 0 Å². The average Bonchev–Trinajstić information content (AvgIpc) is 2.94. The molecule has 0 aromatic carbocycles. The van der Waals surface area contributed by atoms with Crippen molar-refractivity contribution in [3.63, 3.8) is 0 Å². The van der Waals surface area contributed by atoms with E-state index in [0.29, 0.717) is 11.3 Å². The standard InChI is InChI=1S/C16H31N3O2.HI/c1-17-15(19(2)11-14-5-9-21-12-14)18-13-16(6-4-7-16)8-10-20-3;/h14H,4-13H2,1-3H3,(H,17,18);1H. The van der Waals surface area contributed by atoms with E-state index in [-0.39, 0.29) is 24.0 Å². The number of nitrogens with one attached hydrogen (secondary N) is 1. The minimum absolute atomic E-state index is 0. The number of nitrogens with zero attached hydrogens (tertiary/aromatic N) is 2. The zero-order chi connectivity index (χ0) is 15.1. The smallest absolute Gasteiger partial charge is 0.193 e. The van der Waals surface area contributed by atoms with Crippen molar-refractivity contribution in [1.29, 1.82) is 0 Å². The van der Waals surface area contributed by atoms with Crippen LogP contribution in [-0.4, -0.2) is 65.0 Å². The molecule has 5 nitrogen and oxygen atoms in total. The highest BCUT2D eigenvalue weighted by atomic mass is 127. The van der Waals surface area contributed by atoms with E-state index in [9.17, 15) is 0 Å². The first kappa shape index (κ1) is 20.0. The number of rotatable bonds is 7. The molecule has 1 heterocycles. The Bertz CT molecular complexity index is 342. The second kappa shape index (κ2) is 9.93. The fraction of sp³-hybridized carbons (Fsp3) is 0.938. The van der Waals surface area contributed by atoms with Gasteiger partial charge in [-0.05, 0) is 31.1 Å². The molecule has 1 aliphatic carbocycles. The summed E-state index contributed by atoms with van der Waals surface area (Å²) in [5.74, 6) is 1.64. The zero-order valence-electron chi connectivity index (χ0n) is 14.3. The molecule has 1 saturated carbocycles. The molecule has 0 aromatic rings. The zero-order valence-corrected chi connectivity index (χ0v) is 16.6. The first-order valence-corrected chi connectivity index (χ1v) is 8.17. The number of guanidine groups is 1. The van der Waals surface area contributed by atoms with Crippen LogP contribution in [-0.2, 0) is 9.47 Å². The molecular weight excluding hydrogens is 393 g/mol. The molecule has 0 radical (unpaired) electrons. The van der Waals surface area contributed by atoms with Gasteiger partial charge < -0.3 is 19.7 Å². The second-order valence-corrected chi connectivity index (χ2v) is 6.61. The molecule has 6 heteroatoms. The van der Waals surface area contributed by atoms with Crippen molar-refractivity contribution in [2.75, 3.05) is 54.1 Å². The van der Waals surface area contributed by atoms with Crippen LogP contribution in [0.1, 0.15) is 32.1 Å². The first-order valence-electron chi connectivity index (χ1n) is 8.17. The van der Waals surface area contributed by atoms with Crippen LogP contribution in [0.15, 0.2) is 4.99 Å². The second-order valence-electron chi connectivity index (χ2n) is 6.61. The van der Waals surface area contributed by atoms with Crippen molar-refractivity contribution in [3.05, 3.63) is 0 Å². The van der Waals surface area contributed by atoms with Gasteiger partial charge in [-0.1, -0.05) is 6.42 Å². The van der Waals surface area contributed by atoms with Gasteiger partial charge in [0.15, 0.2) is 5.96 Å². The Morgan fingerprint density at radius 3 is 2.73 bits per heavy atom. The summed E-state index contributed by atoms with van der Waals surface area (Å²) < 4.78 is 10.7. The summed E-state index contributed by atoms with van der Waals surface area (Å²) in [6.45, 7) is 4.68. The Balaban J connectivity index is 0.00000242. The Labute approximate surface area is 152 Å². The SMILES string of the molecule is CN=C(NCC1(CCOC)CCC1)N(C)CC1CCOC1.I. The summed E-state index contributed by atoms with van der Waals surface area (Å²) in [5, 5.41) is 3.57. The lowest BCUT2D eigenvalue weighted by Gasteiger charge is -2.43. The quantitative estimate of drug-likeness (QED) is 0.387. The minimum Gasteiger partial charge on any atom is -0.385 e. The van der Waals surface area contributed by atoms with E-state index in [2.05, 4.69) is 22.3 Å². The van der Waals surface area contributed by atoms with E-state index in [0.717, 1.165) is 45.3 Å². The molecule has 0 amide bonds. The van der Waals surface area contributed by atoms with Gasteiger partial charge in [-0.3, -0.25) is 4.99 Å². The van der Waals surface area contributed by atoms with E-state index in [4.69, 9.17) is 9.47 Å². The van der Waals surface area contributed by atoms with Crippen LogP contribution in [0, 0.1) is 11.3 Å². The first-order chi connectivity index (χ1) is 10.2. The van der Waals surface area contributed by atoms with Gasteiger partial charge in [0, 0.05) is 53.4 Å². The van der Waals surface area contributed by atoms with Crippen molar-refractivity contribution in [1.82, 2.24) is 10.2 Å². The number of methoxy groups -OCH3 is 1. The molecule has 1 atom stereocenters. The number of hydrogen-bond donors (Lipinski definition) is 1. The van der Waals surface area contributed by atoms with Crippen LogP contribution in [0.4, 0.5) is 0 Å². The Hall–Kier alpha value is -0.0800. The highest BCUT2D eigenvalue weighted by Gasteiger charge is 2.36. The number of hydrogen-bond acceptors (Lipinski definition) is 3. The van der Waals surface area contributed by atoms with E-state index in [1.165, 1.54) is 25.7 Å². The fourth-order valence-electron chi connectivity index (χ4n) is 3.36. The molecule has 0 bridgehead atoms. The number of aliphatic imine (C=N–C) groups is 1. The molecule has 130 valence electrons. The molecule has 1 saturated heterocycles. The van der Waals surface area contributed by atoms with E-state index in [1.807, 2.05) is 7.05 Å². The summed E-state index contributed by atoms with van der Waals surface area (Å²) in [7, 11) is 5.78. The van der Waals surface area contributed by atoms with E-state index < -0.39 is 0 Å². The summed E-state index contributed by atoms with van der Waals surface area (Å²) in [6.07, 6.45) is 6.27. The lowest BCUT2D eigenvalue weighted by atomic mass is 9.67. The largest absolute Gasteiger partial charge is 0.385 e. The van der Waals surface area contributed by atoms with Gasteiger partial charge >= 0.3 is 0 Å². The predicted octanol–water partition coefficient (Wildman–Crippen LogP) is 2.35. The van der Waals surface area contributed by atoms with Gasteiger partial charge in [0.1, 0.15) is 0 Å². The van der Waals surface area contributed by atoms with Crippen molar-refractivity contribution in [2.24, 2.45) is 16.3 Å². The maximum absolute atomic E-state index is 5.46. The third-order valence-corrected chi connectivity index (χ3v) is 5.00. The molecule has 1 N–H and O–H groups in total. The van der Waals surface area contributed by atoms with Crippen molar-refractivity contribution >= 4 is 29.9 Å². The topological polar surface area (TPSA) is 46.1 Å². The Morgan fingerprint density at radius 1 is 1.45 bits per heavy atom. The molecular formula is C16H32IN3O2. The van der Waals surface area contributed by atoms with Crippen LogP contribution < -0.4 is 5.32 Å².